The summed E-state index contributed by atoms with van der Waals surface area (Å²) in [7, 11) is 0. The maximum absolute atomic E-state index is 14.7. The minimum atomic E-state index is -0.701. The lowest BCUT2D eigenvalue weighted by Gasteiger charge is -2.33. The van der Waals surface area contributed by atoms with Crippen molar-refractivity contribution in [1.29, 1.82) is 0 Å². The number of halogens is 2. The lowest BCUT2D eigenvalue weighted by Crippen LogP contribution is -2.26. The van der Waals surface area contributed by atoms with E-state index in [-0.39, 0.29) is 23.7 Å². The summed E-state index contributed by atoms with van der Waals surface area (Å²) in [6.45, 7) is 5.69. The van der Waals surface area contributed by atoms with E-state index >= 15 is 0 Å². The molecule has 1 fully saturated rings. The quantitative estimate of drug-likeness (QED) is 0.499. The Bertz CT molecular complexity index is 1290. The number of aromatic amines is 1. The Hall–Kier alpha value is -3.33. The van der Waals surface area contributed by atoms with Gasteiger partial charge in [-0.15, -0.1) is 0 Å². The molecule has 1 aliphatic rings. The maximum atomic E-state index is 14.7. The maximum Gasteiger partial charge on any atom is 0.182 e. The molecule has 1 aromatic carbocycles. The van der Waals surface area contributed by atoms with Crippen LogP contribution in [0.1, 0.15) is 54.6 Å². The second-order valence-electron chi connectivity index (χ2n) is 8.26. The van der Waals surface area contributed by atoms with E-state index in [9.17, 15) is 8.78 Å². The normalized spacial score (nSPS) is 21.2. The second kappa shape index (κ2) is 7.98. The van der Waals surface area contributed by atoms with E-state index in [1.54, 1.807) is 6.20 Å². The molecule has 32 heavy (non-hydrogen) atoms. The Morgan fingerprint density at radius 1 is 1.03 bits per heavy atom. The second-order valence-corrected chi connectivity index (χ2v) is 8.26. The van der Waals surface area contributed by atoms with Crippen molar-refractivity contribution in [1.82, 2.24) is 30.1 Å². The van der Waals surface area contributed by atoms with Gasteiger partial charge in [0.1, 0.15) is 28.7 Å². The average Bonchev–Trinajstić information content (AvgIpc) is 3.29. The van der Waals surface area contributed by atoms with Crippen LogP contribution in [0, 0.1) is 25.5 Å². The Balaban J connectivity index is 1.66. The standard InChI is InChI=1S/C23H22F2N6O/c1-11-6-14(7-19(32-11)15-9-26-27-10-15)22-30-20(17-5-4-16(24)8-18(17)25)21-23(31-22)29-13(3)12(2)28-21/h4-5,8-11,14,19H,6-7H2,1-3H3,(H,26,27)/t11-,14-,19-/m0/s1. The fourth-order valence-electron chi connectivity index (χ4n) is 4.19. The number of nitrogens with zero attached hydrogens (tertiary/aromatic N) is 5. The molecule has 0 amide bonds. The third-order valence-electron chi connectivity index (χ3n) is 5.91. The number of aromatic nitrogens is 6. The van der Waals surface area contributed by atoms with E-state index in [1.807, 2.05) is 27.0 Å². The van der Waals surface area contributed by atoms with Crippen molar-refractivity contribution in [2.45, 2.75) is 51.7 Å². The lowest BCUT2D eigenvalue weighted by atomic mass is 9.89. The fraction of sp³-hybridized carbons (Fsp3) is 0.348. The number of H-pyrrole nitrogens is 1. The molecular formula is C23H22F2N6O. The lowest BCUT2D eigenvalue weighted by molar-refractivity contribution is -0.0511. The number of ether oxygens (including phenoxy) is 1. The zero-order chi connectivity index (χ0) is 22.4. The zero-order valence-corrected chi connectivity index (χ0v) is 17.9. The van der Waals surface area contributed by atoms with Crippen LogP contribution in [-0.4, -0.2) is 36.2 Å². The minimum absolute atomic E-state index is 0.0233. The Kier molecular flexibility index (Phi) is 5.13. The molecule has 0 aliphatic carbocycles. The molecule has 0 radical (unpaired) electrons. The molecule has 0 bridgehead atoms. The van der Waals surface area contributed by atoms with Crippen LogP contribution in [0.4, 0.5) is 8.78 Å². The summed E-state index contributed by atoms with van der Waals surface area (Å²) in [5.74, 6) is -0.831. The molecule has 1 aliphatic heterocycles. The van der Waals surface area contributed by atoms with E-state index in [4.69, 9.17) is 14.7 Å². The van der Waals surface area contributed by atoms with Crippen molar-refractivity contribution in [3.05, 3.63) is 65.0 Å². The molecule has 3 aromatic heterocycles. The van der Waals surface area contributed by atoms with Gasteiger partial charge in [0.05, 0.1) is 29.8 Å². The van der Waals surface area contributed by atoms with Crippen LogP contribution in [0.5, 0.6) is 0 Å². The highest BCUT2D eigenvalue weighted by molar-refractivity contribution is 5.87. The van der Waals surface area contributed by atoms with Gasteiger partial charge < -0.3 is 4.74 Å². The molecule has 4 heterocycles. The number of benzene rings is 1. The third-order valence-corrected chi connectivity index (χ3v) is 5.91. The van der Waals surface area contributed by atoms with Crippen LogP contribution in [-0.2, 0) is 4.74 Å². The van der Waals surface area contributed by atoms with Gasteiger partial charge in [0.2, 0.25) is 0 Å². The largest absolute Gasteiger partial charge is 0.370 e. The number of rotatable bonds is 3. The van der Waals surface area contributed by atoms with Gasteiger partial charge in [0.15, 0.2) is 5.65 Å². The van der Waals surface area contributed by atoms with Crippen LogP contribution in [0.25, 0.3) is 22.4 Å². The van der Waals surface area contributed by atoms with Gasteiger partial charge in [0, 0.05) is 29.3 Å². The number of hydrogen-bond acceptors (Lipinski definition) is 6. The average molecular weight is 436 g/mol. The molecule has 0 spiro atoms. The number of aryl methyl sites for hydroxylation is 2. The first-order chi connectivity index (χ1) is 15.4. The number of fused-ring (bicyclic) bond motifs is 1. The third kappa shape index (κ3) is 3.73. The van der Waals surface area contributed by atoms with E-state index < -0.39 is 11.6 Å². The summed E-state index contributed by atoms with van der Waals surface area (Å²) in [5, 5.41) is 6.84. The molecule has 3 atom stereocenters. The SMILES string of the molecule is Cc1nc2nc([C@@H]3C[C@@H](c4cn[nH]c4)O[C@@H](C)C3)nc(-c3ccc(F)cc3F)c2nc1C. The molecule has 7 nitrogen and oxygen atoms in total. The van der Waals surface area contributed by atoms with Crippen LogP contribution in [0.15, 0.2) is 30.6 Å². The van der Waals surface area contributed by atoms with Crippen LogP contribution < -0.4 is 0 Å². The fourth-order valence-corrected chi connectivity index (χ4v) is 4.19. The van der Waals surface area contributed by atoms with E-state index in [2.05, 4.69) is 20.2 Å². The smallest absolute Gasteiger partial charge is 0.182 e. The first-order valence-corrected chi connectivity index (χ1v) is 10.5. The summed E-state index contributed by atoms with van der Waals surface area (Å²) >= 11 is 0. The highest BCUT2D eigenvalue weighted by Gasteiger charge is 2.32. The van der Waals surface area contributed by atoms with Crippen molar-refractivity contribution in [2.24, 2.45) is 0 Å². The molecular weight excluding hydrogens is 414 g/mol. The predicted octanol–water partition coefficient (Wildman–Crippen LogP) is 4.73. The topological polar surface area (TPSA) is 89.5 Å². The molecule has 4 aromatic rings. The van der Waals surface area contributed by atoms with Gasteiger partial charge in [-0.05, 0) is 45.7 Å². The van der Waals surface area contributed by atoms with E-state index in [1.165, 1.54) is 12.1 Å². The summed E-state index contributed by atoms with van der Waals surface area (Å²) in [5.41, 5.74) is 3.69. The summed E-state index contributed by atoms with van der Waals surface area (Å²) in [6, 6.07) is 3.45. The Labute approximate surface area is 183 Å². The van der Waals surface area contributed by atoms with Gasteiger partial charge in [-0.3, -0.25) is 5.10 Å². The molecule has 9 heteroatoms. The molecule has 164 valence electrons. The highest BCUT2D eigenvalue weighted by atomic mass is 19.1. The summed E-state index contributed by atoms with van der Waals surface area (Å²) in [6.07, 6.45) is 4.75. The van der Waals surface area contributed by atoms with Gasteiger partial charge in [-0.1, -0.05) is 0 Å². The van der Waals surface area contributed by atoms with Gasteiger partial charge >= 0.3 is 0 Å². The zero-order valence-electron chi connectivity index (χ0n) is 17.9. The Morgan fingerprint density at radius 3 is 2.59 bits per heavy atom. The van der Waals surface area contributed by atoms with Gasteiger partial charge in [0.25, 0.3) is 0 Å². The van der Waals surface area contributed by atoms with E-state index in [0.29, 0.717) is 41.2 Å². The minimum Gasteiger partial charge on any atom is -0.370 e. The van der Waals surface area contributed by atoms with Crippen molar-refractivity contribution in [3.8, 4) is 11.3 Å². The first-order valence-electron chi connectivity index (χ1n) is 10.5. The van der Waals surface area contributed by atoms with Crippen molar-refractivity contribution in [3.63, 3.8) is 0 Å². The highest BCUT2D eigenvalue weighted by Crippen LogP contribution is 2.40. The van der Waals surface area contributed by atoms with Crippen molar-refractivity contribution < 1.29 is 13.5 Å². The summed E-state index contributed by atoms with van der Waals surface area (Å²) in [4.78, 5) is 18.7. The van der Waals surface area contributed by atoms with Crippen molar-refractivity contribution >= 4 is 11.2 Å². The molecule has 0 unspecified atom stereocenters. The Morgan fingerprint density at radius 2 is 1.84 bits per heavy atom. The monoisotopic (exact) mass is 436 g/mol. The van der Waals surface area contributed by atoms with Crippen LogP contribution in [0.2, 0.25) is 0 Å². The van der Waals surface area contributed by atoms with Crippen LogP contribution in [0.3, 0.4) is 0 Å². The van der Waals surface area contributed by atoms with Gasteiger partial charge in [-0.2, -0.15) is 5.10 Å². The number of hydrogen-bond donors (Lipinski definition) is 1. The molecule has 1 N–H and O–H groups in total. The predicted molar refractivity (Wildman–Crippen MR) is 114 cm³/mol. The van der Waals surface area contributed by atoms with Crippen LogP contribution >= 0.6 is 0 Å². The molecule has 5 rings (SSSR count). The first kappa shape index (κ1) is 20.6. The van der Waals surface area contributed by atoms with Crippen molar-refractivity contribution in [2.75, 3.05) is 0 Å². The van der Waals surface area contributed by atoms with Gasteiger partial charge in [-0.25, -0.2) is 28.7 Å². The summed E-state index contributed by atoms with van der Waals surface area (Å²) < 4.78 is 34.4. The molecule has 0 saturated carbocycles. The number of nitrogens with one attached hydrogen (secondary N) is 1. The molecule has 1 saturated heterocycles. The van der Waals surface area contributed by atoms with E-state index in [0.717, 1.165) is 17.3 Å².